The molecule has 0 saturated heterocycles. The van der Waals surface area contributed by atoms with Crippen molar-refractivity contribution in [3.05, 3.63) is 65.7 Å². The predicted octanol–water partition coefficient (Wildman–Crippen LogP) is 4.19. The molecule has 0 spiro atoms. The van der Waals surface area contributed by atoms with Crippen molar-refractivity contribution in [2.75, 3.05) is 6.54 Å². The summed E-state index contributed by atoms with van der Waals surface area (Å²) in [5, 5.41) is 2.94. The molecule has 1 amide bonds. The molecule has 0 heterocycles. The molecule has 0 aliphatic heterocycles. The molecule has 3 nitrogen and oxygen atoms in total. The van der Waals surface area contributed by atoms with Gasteiger partial charge in [-0.3, -0.25) is 4.79 Å². The Labute approximate surface area is 132 Å². The van der Waals surface area contributed by atoms with Gasteiger partial charge in [0.05, 0.1) is 0 Å². The number of para-hydroxylation sites is 1. The zero-order valence-corrected chi connectivity index (χ0v) is 13.0. The second-order valence-corrected chi connectivity index (χ2v) is 5.26. The highest BCUT2D eigenvalue weighted by Crippen LogP contribution is 2.12. The van der Waals surface area contributed by atoms with Gasteiger partial charge in [0.25, 0.3) is 5.91 Å². The summed E-state index contributed by atoms with van der Waals surface area (Å²) >= 11 is 0. The largest absolute Gasteiger partial charge is 0.489 e. The van der Waals surface area contributed by atoms with Crippen LogP contribution in [0.25, 0.3) is 0 Å². The average Bonchev–Trinajstić information content (AvgIpc) is 2.58. The number of carbonyl (C=O) groups excluding carboxylic acids is 1. The van der Waals surface area contributed by atoms with Gasteiger partial charge in [-0.1, -0.05) is 50.1 Å². The minimum absolute atomic E-state index is 0.00775. The Kier molecular flexibility index (Phi) is 6.49. The first kappa shape index (κ1) is 16.1. The summed E-state index contributed by atoms with van der Waals surface area (Å²) in [5.41, 5.74) is 1.74. The van der Waals surface area contributed by atoms with Gasteiger partial charge in [-0.25, -0.2) is 0 Å². The quantitative estimate of drug-likeness (QED) is 0.742. The lowest BCUT2D eigenvalue weighted by atomic mass is 10.1. The molecule has 0 aromatic heterocycles. The van der Waals surface area contributed by atoms with Crippen LogP contribution in [-0.2, 0) is 6.61 Å². The molecule has 116 valence electrons. The number of benzene rings is 2. The van der Waals surface area contributed by atoms with Crippen LogP contribution in [0, 0.1) is 0 Å². The standard InChI is InChI=1S/C19H23NO2/c1-2-3-7-14-20-19(21)17-12-10-16(11-13-17)15-22-18-8-5-4-6-9-18/h4-6,8-13H,2-3,7,14-15H2,1H3,(H,20,21). The predicted molar refractivity (Wildman–Crippen MR) is 89.1 cm³/mol. The van der Waals surface area contributed by atoms with E-state index in [1.165, 1.54) is 0 Å². The lowest BCUT2D eigenvalue weighted by Gasteiger charge is -2.08. The van der Waals surface area contributed by atoms with Gasteiger partial charge in [-0.05, 0) is 36.2 Å². The van der Waals surface area contributed by atoms with Crippen molar-refractivity contribution in [1.29, 1.82) is 0 Å². The summed E-state index contributed by atoms with van der Waals surface area (Å²) in [5.74, 6) is 0.840. The molecule has 22 heavy (non-hydrogen) atoms. The lowest BCUT2D eigenvalue weighted by molar-refractivity contribution is 0.0953. The number of ether oxygens (including phenoxy) is 1. The summed E-state index contributed by atoms with van der Waals surface area (Å²) in [6, 6.07) is 17.3. The number of hydrogen-bond donors (Lipinski definition) is 1. The Balaban J connectivity index is 1.81. The molecule has 0 aliphatic rings. The number of nitrogens with one attached hydrogen (secondary N) is 1. The Morgan fingerprint density at radius 3 is 2.41 bits per heavy atom. The van der Waals surface area contributed by atoms with Crippen molar-refractivity contribution in [3.8, 4) is 5.75 Å². The van der Waals surface area contributed by atoms with Crippen LogP contribution in [0.3, 0.4) is 0 Å². The van der Waals surface area contributed by atoms with Crippen LogP contribution in [-0.4, -0.2) is 12.5 Å². The smallest absolute Gasteiger partial charge is 0.251 e. The molecule has 2 rings (SSSR count). The first-order valence-corrected chi connectivity index (χ1v) is 7.84. The van der Waals surface area contributed by atoms with Gasteiger partial charge in [0.2, 0.25) is 0 Å². The SMILES string of the molecule is CCCCCNC(=O)c1ccc(COc2ccccc2)cc1. The van der Waals surface area contributed by atoms with Crippen molar-refractivity contribution in [2.24, 2.45) is 0 Å². The first-order valence-electron chi connectivity index (χ1n) is 7.84. The number of rotatable bonds is 8. The summed E-state index contributed by atoms with van der Waals surface area (Å²) in [7, 11) is 0. The molecule has 0 unspecified atom stereocenters. The summed E-state index contributed by atoms with van der Waals surface area (Å²) in [6.45, 7) is 3.39. The van der Waals surface area contributed by atoms with E-state index < -0.39 is 0 Å². The van der Waals surface area contributed by atoms with Crippen LogP contribution in [0.4, 0.5) is 0 Å². The van der Waals surface area contributed by atoms with Gasteiger partial charge >= 0.3 is 0 Å². The minimum Gasteiger partial charge on any atom is -0.489 e. The van der Waals surface area contributed by atoms with E-state index in [4.69, 9.17) is 4.74 Å². The van der Waals surface area contributed by atoms with Crippen LogP contribution >= 0.6 is 0 Å². The second kappa shape index (κ2) is 8.88. The third kappa shape index (κ3) is 5.24. The fourth-order valence-corrected chi connectivity index (χ4v) is 2.11. The van der Waals surface area contributed by atoms with Gasteiger partial charge in [0.1, 0.15) is 12.4 Å². The number of unbranched alkanes of at least 4 members (excludes halogenated alkanes) is 2. The number of carbonyl (C=O) groups is 1. The maximum absolute atomic E-state index is 12.0. The average molecular weight is 297 g/mol. The molecule has 2 aromatic carbocycles. The fraction of sp³-hybridized carbons (Fsp3) is 0.316. The molecule has 0 saturated carbocycles. The van der Waals surface area contributed by atoms with Crippen LogP contribution in [0.1, 0.15) is 42.1 Å². The van der Waals surface area contributed by atoms with Crippen LogP contribution < -0.4 is 10.1 Å². The van der Waals surface area contributed by atoms with E-state index in [0.717, 1.165) is 37.1 Å². The van der Waals surface area contributed by atoms with E-state index in [1.54, 1.807) is 0 Å². The molecule has 0 fully saturated rings. The molecule has 0 bridgehead atoms. The molecule has 0 atom stereocenters. The molecule has 2 aromatic rings. The lowest BCUT2D eigenvalue weighted by Crippen LogP contribution is -2.24. The van der Waals surface area contributed by atoms with Gasteiger partial charge in [-0.15, -0.1) is 0 Å². The summed E-state index contributed by atoms with van der Waals surface area (Å²) in [4.78, 5) is 12.0. The molecular formula is C19H23NO2. The van der Waals surface area contributed by atoms with Crippen LogP contribution in [0.2, 0.25) is 0 Å². The molecule has 3 heteroatoms. The van der Waals surface area contributed by atoms with Crippen LogP contribution in [0.15, 0.2) is 54.6 Å². The number of hydrogen-bond acceptors (Lipinski definition) is 2. The Morgan fingerprint density at radius 1 is 1.00 bits per heavy atom. The Bertz CT molecular complexity index is 564. The third-order valence-electron chi connectivity index (χ3n) is 3.43. The maximum Gasteiger partial charge on any atom is 0.251 e. The highest BCUT2D eigenvalue weighted by molar-refractivity contribution is 5.94. The second-order valence-electron chi connectivity index (χ2n) is 5.26. The van der Waals surface area contributed by atoms with Gasteiger partial charge in [-0.2, -0.15) is 0 Å². The van der Waals surface area contributed by atoms with Crippen molar-refractivity contribution in [3.63, 3.8) is 0 Å². The van der Waals surface area contributed by atoms with Crippen molar-refractivity contribution < 1.29 is 9.53 Å². The van der Waals surface area contributed by atoms with Gasteiger partial charge < -0.3 is 10.1 Å². The van der Waals surface area contributed by atoms with Crippen molar-refractivity contribution in [1.82, 2.24) is 5.32 Å². The normalized spacial score (nSPS) is 10.2. The molecular weight excluding hydrogens is 274 g/mol. The summed E-state index contributed by atoms with van der Waals surface area (Å²) < 4.78 is 5.68. The van der Waals surface area contributed by atoms with Gasteiger partial charge in [0, 0.05) is 12.1 Å². The minimum atomic E-state index is -0.00775. The molecule has 0 aliphatic carbocycles. The zero-order valence-electron chi connectivity index (χ0n) is 13.0. The highest BCUT2D eigenvalue weighted by atomic mass is 16.5. The summed E-state index contributed by atoms with van der Waals surface area (Å²) in [6.07, 6.45) is 3.34. The fourth-order valence-electron chi connectivity index (χ4n) is 2.11. The maximum atomic E-state index is 12.0. The first-order chi connectivity index (χ1) is 10.8. The van der Waals surface area contributed by atoms with Crippen molar-refractivity contribution >= 4 is 5.91 Å². The van der Waals surface area contributed by atoms with E-state index in [9.17, 15) is 4.79 Å². The highest BCUT2D eigenvalue weighted by Gasteiger charge is 2.04. The van der Waals surface area contributed by atoms with Crippen LogP contribution in [0.5, 0.6) is 5.75 Å². The third-order valence-corrected chi connectivity index (χ3v) is 3.43. The Morgan fingerprint density at radius 2 is 1.73 bits per heavy atom. The van der Waals surface area contributed by atoms with Crippen molar-refractivity contribution in [2.45, 2.75) is 32.8 Å². The zero-order chi connectivity index (χ0) is 15.6. The molecule has 1 N–H and O–H groups in total. The molecule has 0 radical (unpaired) electrons. The number of amides is 1. The van der Waals surface area contributed by atoms with E-state index in [0.29, 0.717) is 12.2 Å². The monoisotopic (exact) mass is 297 g/mol. The van der Waals surface area contributed by atoms with Gasteiger partial charge in [0.15, 0.2) is 0 Å². The van der Waals surface area contributed by atoms with E-state index in [2.05, 4.69) is 12.2 Å². The van der Waals surface area contributed by atoms with E-state index in [-0.39, 0.29) is 5.91 Å². The van der Waals surface area contributed by atoms with E-state index >= 15 is 0 Å². The Hall–Kier alpha value is -2.29. The van der Waals surface area contributed by atoms with E-state index in [1.807, 2.05) is 54.6 Å². The topological polar surface area (TPSA) is 38.3 Å².